The van der Waals surface area contributed by atoms with E-state index in [2.05, 4.69) is 5.32 Å². The molecule has 1 aromatic heterocycles. The topological polar surface area (TPSA) is 64.6 Å². The minimum absolute atomic E-state index is 0.219. The average molecular weight is 512 g/mol. The minimum Gasteiger partial charge on any atom is -0.494 e. The second kappa shape index (κ2) is 11.0. The van der Waals surface area contributed by atoms with Gasteiger partial charge in [-0.2, -0.15) is 0 Å². The van der Waals surface area contributed by atoms with Crippen molar-refractivity contribution in [2.24, 2.45) is 0 Å². The van der Waals surface area contributed by atoms with Crippen LogP contribution in [0.5, 0.6) is 5.75 Å². The van der Waals surface area contributed by atoms with Crippen LogP contribution in [0.2, 0.25) is 5.02 Å². The van der Waals surface area contributed by atoms with Crippen LogP contribution in [0, 0.1) is 0 Å². The van der Waals surface area contributed by atoms with Crippen LogP contribution in [-0.4, -0.2) is 25.6 Å². The molecule has 174 valence electrons. The Hall–Kier alpha value is -3.00. The molecule has 0 saturated heterocycles. The molecule has 1 N–H and O–H groups in total. The van der Waals surface area contributed by atoms with Crippen LogP contribution >= 0.6 is 34.7 Å². The number of benzene rings is 3. The summed E-state index contributed by atoms with van der Waals surface area (Å²) in [7, 11) is 1.36. The van der Waals surface area contributed by atoms with Gasteiger partial charge in [0, 0.05) is 37.2 Å². The molecule has 0 saturated carbocycles. The number of hydrogen-bond donors (Lipinski definition) is 1. The Labute approximate surface area is 211 Å². The van der Waals surface area contributed by atoms with E-state index < -0.39 is 0 Å². The Morgan fingerprint density at radius 2 is 1.82 bits per heavy atom. The van der Waals surface area contributed by atoms with E-state index in [1.54, 1.807) is 23.9 Å². The lowest BCUT2D eigenvalue weighted by molar-refractivity contribution is 0.0606. The number of amides is 1. The maximum atomic E-state index is 13.0. The molecule has 0 aliphatic heterocycles. The normalized spacial score (nSPS) is 10.8. The zero-order valence-corrected chi connectivity index (χ0v) is 21.0. The highest BCUT2D eigenvalue weighted by Gasteiger charge is 2.14. The number of nitrogens with one attached hydrogen (secondary N) is 1. The number of hydrogen-bond acceptors (Lipinski definition) is 6. The van der Waals surface area contributed by atoms with Crippen molar-refractivity contribution in [3.63, 3.8) is 0 Å². The summed E-state index contributed by atoms with van der Waals surface area (Å²) in [4.78, 5) is 26.4. The molecule has 1 amide bonds. The molecule has 34 heavy (non-hydrogen) atoms. The van der Waals surface area contributed by atoms with E-state index in [1.807, 2.05) is 61.5 Å². The fraction of sp³-hybridized carbons (Fsp3) is 0.154. The summed E-state index contributed by atoms with van der Waals surface area (Å²) in [5, 5.41) is 4.51. The molecule has 5 nitrogen and oxygen atoms in total. The van der Waals surface area contributed by atoms with Crippen molar-refractivity contribution >= 4 is 62.3 Å². The zero-order valence-electron chi connectivity index (χ0n) is 18.6. The molecule has 4 rings (SSSR count). The van der Waals surface area contributed by atoms with Crippen LogP contribution in [-0.2, 0) is 10.5 Å². The Morgan fingerprint density at radius 1 is 1.03 bits per heavy atom. The smallest absolute Gasteiger partial charge is 0.348 e. The van der Waals surface area contributed by atoms with E-state index in [0.717, 1.165) is 26.3 Å². The van der Waals surface area contributed by atoms with Gasteiger partial charge in [0.2, 0.25) is 0 Å². The monoisotopic (exact) mass is 511 g/mol. The number of thioether (sulfide) groups is 1. The fourth-order valence-electron chi connectivity index (χ4n) is 3.35. The van der Waals surface area contributed by atoms with Crippen LogP contribution in [0.1, 0.15) is 32.5 Å². The van der Waals surface area contributed by atoms with Crippen LogP contribution in [0.3, 0.4) is 0 Å². The quantitative estimate of drug-likeness (QED) is 0.199. The van der Waals surface area contributed by atoms with Gasteiger partial charge in [0.25, 0.3) is 5.91 Å². The van der Waals surface area contributed by atoms with E-state index in [0.29, 0.717) is 33.5 Å². The van der Waals surface area contributed by atoms with Gasteiger partial charge in [-0.1, -0.05) is 11.6 Å². The van der Waals surface area contributed by atoms with E-state index in [1.165, 1.54) is 18.4 Å². The number of carbonyl (C=O) groups excluding carboxylic acids is 2. The third kappa shape index (κ3) is 5.73. The van der Waals surface area contributed by atoms with Crippen molar-refractivity contribution in [1.82, 2.24) is 0 Å². The molecule has 8 heteroatoms. The molecular weight excluding hydrogens is 490 g/mol. The number of thiophene rings is 1. The van der Waals surface area contributed by atoms with Gasteiger partial charge in [-0.25, -0.2) is 4.79 Å². The van der Waals surface area contributed by atoms with Crippen molar-refractivity contribution in [3.05, 3.63) is 87.8 Å². The molecule has 0 atom stereocenters. The van der Waals surface area contributed by atoms with Gasteiger partial charge >= 0.3 is 5.97 Å². The minimum atomic E-state index is -0.370. The molecule has 0 radical (unpaired) electrons. The molecule has 3 aromatic carbocycles. The molecule has 0 fully saturated rings. The van der Waals surface area contributed by atoms with Gasteiger partial charge in [-0.15, -0.1) is 23.1 Å². The Balaban J connectivity index is 1.52. The third-order valence-electron chi connectivity index (χ3n) is 4.99. The van der Waals surface area contributed by atoms with Gasteiger partial charge in [-0.3, -0.25) is 4.79 Å². The predicted octanol–water partition coefficient (Wildman–Crippen LogP) is 7.28. The highest BCUT2D eigenvalue weighted by molar-refractivity contribution is 7.98. The molecule has 1 heterocycles. The molecule has 0 unspecified atom stereocenters. The number of rotatable bonds is 8. The summed E-state index contributed by atoms with van der Waals surface area (Å²) >= 11 is 8.98. The van der Waals surface area contributed by atoms with Crippen molar-refractivity contribution in [2.45, 2.75) is 17.6 Å². The molecule has 0 aliphatic carbocycles. The molecule has 0 bridgehead atoms. The van der Waals surface area contributed by atoms with Gasteiger partial charge < -0.3 is 14.8 Å². The number of methoxy groups -OCH3 is 1. The SMILES string of the molecule is CCOc1ccc(C(=O)Nc2ccc3sc(C(=O)OC)cc3c2)cc1CSc1ccc(Cl)cc1. The van der Waals surface area contributed by atoms with E-state index in [9.17, 15) is 9.59 Å². The highest BCUT2D eigenvalue weighted by atomic mass is 35.5. The second-order valence-corrected chi connectivity index (χ2v) is 9.88. The Bertz CT molecular complexity index is 1330. The standard InChI is InChI=1S/C26H22ClNO4S2/c1-3-32-22-10-4-16(12-18(22)15-33-21-8-5-19(27)6-9-21)25(29)28-20-7-11-23-17(13-20)14-24(34-23)26(30)31-2/h4-14H,3,15H2,1-2H3,(H,28,29). The van der Waals surface area contributed by atoms with E-state index in [-0.39, 0.29) is 11.9 Å². The number of ether oxygens (including phenoxy) is 2. The first-order valence-electron chi connectivity index (χ1n) is 10.5. The molecule has 0 spiro atoms. The molecular formula is C26H22ClNO4S2. The van der Waals surface area contributed by atoms with Crippen LogP contribution in [0.15, 0.2) is 71.6 Å². The van der Waals surface area contributed by atoms with E-state index in [4.69, 9.17) is 21.1 Å². The zero-order chi connectivity index (χ0) is 24.1. The highest BCUT2D eigenvalue weighted by Crippen LogP contribution is 2.31. The van der Waals surface area contributed by atoms with Crippen molar-refractivity contribution < 1.29 is 19.1 Å². The summed E-state index contributed by atoms with van der Waals surface area (Å²) in [5.74, 6) is 0.819. The lowest BCUT2D eigenvalue weighted by atomic mass is 10.1. The summed E-state index contributed by atoms with van der Waals surface area (Å²) < 4.78 is 11.5. The maximum Gasteiger partial charge on any atom is 0.348 e. The Kier molecular flexibility index (Phi) is 7.77. The second-order valence-electron chi connectivity index (χ2n) is 7.31. The number of anilines is 1. The number of carbonyl (C=O) groups is 2. The summed E-state index contributed by atoms with van der Waals surface area (Å²) in [5.41, 5.74) is 2.12. The summed E-state index contributed by atoms with van der Waals surface area (Å²) in [6.45, 7) is 2.47. The number of fused-ring (bicyclic) bond motifs is 1. The van der Waals surface area contributed by atoms with Crippen LogP contribution in [0.25, 0.3) is 10.1 Å². The van der Waals surface area contributed by atoms with Gasteiger partial charge in [0.1, 0.15) is 10.6 Å². The number of halogens is 1. The van der Waals surface area contributed by atoms with E-state index >= 15 is 0 Å². The molecule has 4 aromatic rings. The Morgan fingerprint density at radius 3 is 2.56 bits per heavy atom. The van der Waals surface area contributed by atoms with Gasteiger partial charge in [0.15, 0.2) is 0 Å². The lowest BCUT2D eigenvalue weighted by Crippen LogP contribution is -2.12. The molecule has 0 aliphatic rings. The van der Waals surface area contributed by atoms with Gasteiger partial charge in [-0.05, 0) is 79.0 Å². The first kappa shape index (κ1) is 24.1. The number of esters is 1. The van der Waals surface area contributed by atoms with Crippen LogP contribution in [0.4, 0.5) is 5.69 Å². The predicted molar refractivity (Wildman–Crippen MR) is 140 cm³/mol. The summed E-state index contributed by atoms with van der Waals surface area (Å²) in [6, 6.07) is 20.4. The first-order valence-corrected chi connectivity index (χ1v) is 12.7. The lowest BCUT2D eigenvalue weighted by Gasteiger charge is -2.13. The summed E-state index contributed by atoms with van der Waals surface area (Å²) in [6.07, 6.45) is 0. The largest absolute Gasteiger partial charge is 0.494 e. The van der Waals surface area contributed by atoms with Crippen molar-refractivity contribution in [1.29, 1.82) is 0 Å². The van der Waals surface area contributed by atoms with Crippen LogP contribution < -0.4 is 10.1 Å². The fourth-order valence-corrected chi connectivity index (χ4v) is 5.31. The first-order chi connectivity index (χ1) is 16.5. The van der Waals surface area contributed by atoms with Gasteiger partial charge in [0.05, 0.1) is 13.7 Å². The van der Waals surface area contributed by atoms with Crippen molar-refractivity contribution in [2.75, 3.05) is 19.0 Å². The van der Waals surface area contributed by atoms with Crippen molar-refractivity contribution in [3.8, 4) is 5.75 Å². The maximum absolute atomic E-state index is 13.0. The average Bonchev–Trinajstić information content (AvgIpc) is 3.27. The third-order valence-corrected chi connectivity index (χ3v) is 7.40.